The topological polar surface area (TPSA) is 133 Å². The molecule has 2 aromatic carbocycles. The monoisotopic (exact) mass is 412 g/mol. The molecule has 0 bridgehead atoms. The summed E-state index contributed by atoms with van der Waals surface area (Å²) in [6.07, 6.45) is 2.88. The van der Waals surface area contributed by atoms with E-state index in [-0.39, 0.29) is 23.4 Å². The molecule has 0 aliphatic carbocycles. The van der Waals surface area contributed by atoms with Gasteiger partial charge in [-0.2, -0.15) is 0 Å². The van der Waals surface area contributed by atoms with Crippen molar-refractivity contribution in [3.63, 3.8) is 0 Å². The van der Waals surface area contributed by atoms with Gasteiger partial charge in [-0.15, -0.1) is 0 Å². The van der Waals surface area contributed by atoms with Crippen LogP contribution in [-0.2, 0) is 9.59 Å². The molecule has 0 saturated heterocycles. The second-order valence-electron chi connectivity index (χ2n) is 6.26. The van der Waals surface area contributed by atoms with Crippen molar-refractivity contribution in [2.75, 3.05) is 26.0 Å². The molecule has 3 N–H and O–H groups in total. The SMILES string of the molecule is COc1cccc(/C=C/C(=O)N(C)CC(=O)Nc2cc(C(=O)O)cc(C(=O)O)c2)c1. The Morgan fingerprint density at radius 2 is 1.67 bits per heavy atom. The van der Waals surface area contributed by atoms with Crippen LogP contribution in [0.3, 0.4) is 0 Å². The van der Waals surface area contributed by atoms with Crippen LogP contribution in [0, 0.1) is 0 Å². The molecule has 2 amide bonds. The minimum absolute atomic E-state index is 0.00470. The number of carbonyl (C=O) groups excluding carboxylic acids is 2. The van der Waals surface area contributed by atoms with Gasteiger partial charge in [-0.05, 0) is 42.0 Å². The third-order valence-electron chi connectivity index (χ3n) is 3.98. The summed E-state index contributed by atoms with van der Waals surface area (Å²) in [5.41, 5.74) is 0.184. The number of nitrogens with zero attached hydrogens (tertiary/aromatic N) is 1. The normalized spacial score (nSPS) is 10.5. The first kappa shape index (κ1) is 22.2. The summed E-state index contributed by atoms with van der Waals surface area (Å²) < 4.78 is 5.11. The van der Waals surface area contributed by atoms with Gasteiger partial charge in [-0.1, -0.05) is 12.1 Å². The number of ether oxygens (including phenoxy) is 1. The average molecular weight is 412 g/mol. The molecular weight excluding hydrogens is 392 g/mol. The van der Waals surface area contributed by atoms with Gasteiger partial charge in [0.2, 0.25) is 11.8 Å². The van der Waals surface area contributed by atoms with E-state index in [0.29, 0.717) is 5.75 Å². The molecule has 9 nitrogen and oxygen atoms in total. The highest BCUT2D eigenvalue weighted by molar-refractivity contribution is 6.00. The van der Waals surface area contributed by atoms with Crippen LogP contribution in [0.4, 0.5) is 5.69 Å². The van der Waals surface area contributed by atoms with E-state index >= 15 is 0 Å². The van der Waals surface area contributed by atoms with Crippen molar-refractivity contribution in [2.45, 2.75) is 0 Å². The van der Waals surface area contributed by atoms with E-state index in [9.17, 15) is 19.2 Å². The molecule has 156 valence electrons. The summed E-state index contributed by atoms with van der Waals surface area (Å²) in [5, 5.41) is 20.6. The zero-order chi connectivity index (χ0) is 22.3. The van der Waals surface area contributed by atoms with Crippen molar-refractivity contribution in [3.05, 3.63) is 65.2 Å². The van der Waals surface area contributed by atoms with Crippen LogP contribution in [-0.4, -0.2) is 59.6 Å². The van der Waals surface area contributed by atoms with E-state index in [1.807, 2.05) is 0 Å². The van der Waals surface area contributed by atoms with Gasteiger partial charge in [-0.25, -0.2) is 9.59 Å². The molecule has 0 atom stereocenters. The second-order valence-corrected chi connectivity index (χ2v) is 6.26. The van der Waals surface area contributed by atoms with Gasteiger partial charge in [0.25, 0.3) is 0 Å². The van der Waals surface area contributed by atoms with Crippen molar-refractivity contribution in [1.29, 1.82) is 0 Å². The Hall–Kier alpha value is -4.14. The van der Waals surface area contributed by atoms with Gasteiger partial charge in [0, 0.05) is 18.8 Å². The van der Waals surface area contributed by atoms with Crippen molar-refractivity contribution >= 4 is 35.5 Å². The lowest BCUT2D eigenvalue weighted by molar-refractivity contribution is -0.129. The van der Waals surface area contributed by atoms with Crippen molar-refractivity contribution < 1.29 is 34.1 Å². The highest BCUT2D eigenvalue weighted by Crippen LogP contribution is 2.16. The Bertz CT molecular complexity index is 982. The summed E-state index contributed by atoms with van der Waals surface area (Å²) >= 11 is 0. The molecule has 0 aromatic heterocycles. The number of aromatic carboxylic acids is 2. The van der Waals surface area contributed by atoms with Crippen LogP contribution in [0.15, 0.2) is 48.5 Å². The summed E-state index contributed by atoms with van der Waals surface area (Å²) in [5.74, 6) is -3.06. The Morgan fingerprint density at radius 1 is 1.03 bits per heavy atom. The highest BCUT2D eigenvalue weighted by Gasteiger charge is 2.15. The lowest BCUT2D eigenvalue weighted by Crippen LogP contribution is -2.33. The number of hydrogen-bond donors (Lipinski definition) is 3. The molecule has 30 heavy (non-hydrogen) atoms. The minimum atomic E-state index is -1.33. The van der Waals surface area contributed by atoms with Crippen LogP contribution in [0.5, 0.6) is 5.75 Å². The van der Waals surface area contributed by atoms with Crippen LogP contribution in [0.25, 0.3) is 6.08 Å². The molecule has 0 heterocycles. The van der Waals surface area contributed by atoms with Crippen molar-refractivity contribution in [3.8, 4) is 5.75 Å². The maximum absolute atomic E-state index is 12.2. The first-order valence-corrected chi connectivity index (χ1v) is 8.68. The standard InChI is InChI=1S/C21H20N2O7/c1-23(19(25)7-6-13-4-3-5-17(8-13)30-2)12-18(24)22-16-10-14(20(26)27)9-15(11-16)21(28)29/h3-11H,12H2,1-2H3,(H,22,24)(H,26,27)(H,28,29)/b7-6+. The number of methoxy groups -OCH3 is 1. The second kappa shape index (κ2) is 9.87. The molecule has 2 aromatic rings. The third kappa shape index (κ3) is 6.20. The number of carboxylic acid groups (broad SMARTS) is 2. The predicted octanol–water partition coefficient (Wildman–Crippen LogP) is 2.20. The van der Waals surface area contributed by atoms with Gasteiger partial charge < -0.3 is 25.2 Å². The lowest BCUT2D eigenvalue weighted by Gasteiger charge is -2.15. The maximum atomic E-state index is 12.2. The number of carbonyl (C=O) groups is 4. The van der Waals surface area contributed by atoms with Gasteiger partial charge >= 0.3 is 11.9 Å². The molecule has 0 aliphatic rings. The number of likely N-dealkylation sites (N-methyl/N-ethyl adjacent to an activating group) is 1. The molecule has 0 aliphatic heterocycles. The van der Waals surface area contributed by atoms with E-state index < -0.39 is 23.8 Å². The lowest BCUT2D eigenvalue weighted by atomic mass is 10.1. The smallest absolute Gasteiger partial charge is 0.335 e. The fraction of sp³-hybridized carbons (Fsp3) is 0.143. The Morgan fingerprint density at radius 3 is 2.23 bits per heavy atom. The molecular formula is C21H20N2O7. The molecule has 0 spiro atoms. The Kier molecular flexibility index (Phi) is 7.29. The average Bonchev–Trinajstić information content (AvgIpc) is 2.71. The van der Waals surface area contributed by atoms with Gasteiger partial charge in [0.05, 0.1) is 24.8 Å². The summed E-state index contributed by atoms with van der Waals surface area (Å²) in [7, 11) is 2.96. The molecule has 0 radical (unpaired) electrons. The summed E-state index contributed by atoms with van der Waals surface area (Å²) in [6.45, 7) is -0.318. The quantitative estimate of drug-likeness (QED) is 0.566. The zero-order valence-corrected chi connectivity index (χ0v) is 16.3. The number of amides is 2. The third-order valence-corrected chi connectivity index (χ3v) is 3.98. The number of hydrogen-bond acceptors (Lipinski definition) is 5. The fourth-order valence-corrected chi connectivity index (χ4v) is 2.48. The minimum Gasteiger partial charge on any atom is -0.497 e. The summed E-state index contributed by atoms with van der Waals surface area (Å²) in [6, 6.07) is 10.3. The van der Waals surface area contributed by atoms with Gasteiger partial charge in [-0.3, -0.25) is 9.59 Å². The molecule has 0 unspecified atom stereocenters. The fourth-order valence-electron chi connectivity index (χ4n) is 2.48. The largest absolute Gasteiger partial charge is 0.497 e. The number of rotatable bonds is 8. The maximum Gasteiger partial charge on any atom is 0.335 e. The number of benzene rings is 2. The van der Waals surface area contributed by atoms with Gasteiger partial charge in [0.15, 0.2) is 0 Å². The van der Waals surface area contributed by atoms with Crippen LogP contribution in [0.1, 0.15) is 26.3 Å². The Labute approximate surface area is 172 Å². The van der Waals surface area contributed by atoms with Crippen LogP contribution >= 0.6 is 0 Å². The first-order chi connectivity index (χ1) is 14.2. The van der Waals surface area contributed by atoms with E-state index in [2.05, 4.69) is 5.32 Å². The predicted molar refractivity (Wildman–Crippen MR) is 109 cm³/mol. The number of nitrogens with one attached hydrogen (secondary N) is 1. The molecule has 0 fully saturated rings. The van der Waals surface area contributed by atoms with E-state index in [1.165, 1.54) is 20.2 Å². The van der Waals surface area contributed by atoms with E-state index in [1.54, 1.807) is 30.3 Å². The van der Waals surface area contributed by atoms with E-state index in [0.717, 1.165) is 28.7 Å². The number of carboxylic acids is 2. The molecule has 2 rings (SSSR count). The first-order valence-electron chi connectivity index (χ1n) is 8.68. The van der Waals surface area contributed by atoms with E-state index in [4.69, 9.17) is 14.9 Å². The van der Waals surface area contributed by atoms with Crippen molar-refractivity contribution in [1.82, 2.24) is 4.90 Å². The molecule has 0 saturated carbocycles. The van der Waals surface area contributed by atoms with Gasteiger partial charge in [0.1, 0.15) is 5.75 Å². The highest BCUT2D eigenvalue weighted by atomic mass is 16.5. The Balaban J connectivity index is 2.03. The van der Waals surface area contributed by atoms with Crippen molar-refractivity contribution in [2.24, 2.45) is 0 Å². The van der Waals surface area contributed by atoms with Crippen LogP contribution in [0.2, 0.25) is 0 Å². The summed E-state index contributed by atoms with van der Waals surface area (Å²) in [4.78, 5) is 47.9. The number of anilines is 1. The van der Waals surface area contributed by atoms with Crippen LogP contribution < -0.4 is 10.1 Å². The zero-order valence-electron chi connectivity index (χ0n) is 16.3. The molecule has 9 heteroatoms.